The normalized spacial score (nSPS) is 10.7. The standard InChI is InChI=1S/C17H15NO5/c1-11-3-6-13(10-14(11)18(21)22)15(19)7-4-12-5-8-17(23-2)16(20)9-12/h3-10,20H,1-2H3. The fourth-order valence-electron chi connectivity index (χ4n) is 2.04. The van der Waals surface area contributed by atoms with E-state index in [1.54, 1.807) is 31.2 Å². The first-order valence-corrected chi connectivity index (χ1v) is 6.77. The molecule has 0 heterocycles. The maximum absolute atomic E-state index is 12.1. The highest BCUT2D eigenvalue weighted by Gasteiger charge is 2.13. The number of aryl methyl sites for hydroxylation is 1. The lowest BCUT2D eigenvalue weighted by Crippen LogP contribution is -1.98. The largest absolute Gasteiger partial charge is 0.504 e. The summed E-state index contributed by atoms with van der Waals surface area (Å²) in [5, 5.41) is 20.6. The summed E-state index contributed by atoms with van der Waals surface area (Å²) in [7, 11) is 1.44. The van der Waals surface area contributed by atoms with Gasteiger partial charge in [-0.05, 0) is 30.7 Å². The number of phenolic OH excluding ortho intramolecular Hbond substituents is 1. The third-order valence-corrected chi connectivity index (χ3v) is 3.32. The van der Waals surface area contributed by atoms with Gasteiger partial charge in [0.1, 0.15) is 0 Å². The fourth-order valence-corrected chi connectivity index (χ4v) is 2.04. The zero-order valence-corrected chi connectivity index (χ0v) is 12.6. The summed E-state index contributed by atoms with van der Waals surface area (Å²) < 4.78 is 4.94. The SMILES string of the molecule is COc1ccc(C=CC(=O)c2ccc(C)c([N+](=O)[O-])c2)cc1O. The highest BCUT2D eigenvalue weighted by atomic mass is 16.6. The van der Waals surface area contributed by atoms with Gasteiger partial charge in [-0.1, -0.05) is 24.3 Å². The number of hydrogen-bond donors (Lipinski definition) is 1. The molecule has 0 unspecified atom stereocenters. The van der Waals surface area contributed by atoms with Gasteiger partial charge in [0.25, 0.3) is 5.69 Å². The highest BCUT2D eigenvalue weighted by molar-refractivity contribution is 6.07. The van der Waals surface area contributed by atoms with Crippen LogP contribution in [0.4, 0.5) is 5.69 Å². The van der Waals surface area contributed by atoms with Crippen LogP contribution in [0, 0.1) is 17.0 Å². The number of carbonyl (C=O) groups is 1. The second-order valence-electron chi connectivity index (χ2n) is 4.89. The van der Waals surface area contributed by atoms with E-state index >= 15 is 0 Å². The van der Waals surface area contributed by atoms with Crippen molar-refractivity contribution in [3.63, 3.8) is 0 Å². The van der Waals surface area contributed by atoms with Crippen molar-refractivity contribution in [3.8, 4) is 11.5 Å². The molecule has 2 rings (SSSR count). The van der Waals surface area contributed by atoms with Crippen LogP contribution in [-0.4, -0.2) is 22.9 Å². The van der Waals surface area contributed by atoms with Gasteiger partial charge in [-0.3, -0.25) is 14.9 Å². The van der Waals surface area contributed by atoms with E-state index in [1.807, 2.05) is 0 Å². The molecule has 0 aliphatic rings. The molecule has 0 spiro atoms. The molecule has 0 radical (unpaired) electrons. The summed E-state index contributed by atoms with van der Waals surface area (Å²) in [6.07, 6.45) is 2.82. The van der Waals surface area contributed by atoms with Crippen molar-refractivity contribution in [2.45, 2.75) is 6.92 Å². The molecule has 0 saturated heterocycles. The number of nitro benzene ring substituents is 1. The molecule has 0 amide bonds. The minimum atomic E-state index is -0.517. The van der Waals surface area contributed by atoms with Crippen LogP contribution in [-0.2, 0) is 0 Å². The summed E-state index contributed by atoms with van der Waals surface area (Å²) in [5.41, 5.74) is 1.25. The summed E-state index contributed by atoms with van der Waals surface area (Å²) in [6, 6.07) is 9.06. The van der Waals surface area contributed by atoms with Crippen LogP contribution in [0.15, 0.2) is 42.5 Å². The Bertz CT molecular complexity index is 796. The van der Waals surface area contributed by atoms with Crippen molar-refractivity contribution in [2.75, 3.05) is 7.11 Å². The quantitative estimate of drug-likeness (QED) is 0.395. The number of methoxy groups -OCH3 is 1. The van der Waals surface area contributed by atoms with Gasteiger partial charge < -0.3 is 9.84 Å². The Balaban J connectivity index is 2.23. The molecule has 2 aromatic carbocycles. The molecule has 0 fully saturated rings. The topological polar surface area (TPSA) is 89.7 Å². The van der Waals surface area contributed by atoms with Crippen molar-refractivity contribution in [1.29, 1.82) is 0 Å². The van der Waals surface area contributed by atoms with E-state index in [4.69, 9.17) is 4.74 Å². The smallest absolute Gasteiger partial charge is 0.273 e. The van der Waals surface area contributed by atoms with Gasteiger partial charge in [0.05, 0.1) is 12.0 Å². The van der Waals surface area contributed by atoms with Crippen molar-refractivity contribution in [1.82, 2.24) is 0 Å². The Hall–Kier alpha value is -3.15. The summed E-state index contributed by atoms with van der Waals surface area (Å²) in [4.78, 5) is 22.5. The Morgan fingerprint density at radius 2 is 2.00 bits per heavy atom. The van der Waals surface area contributed by atoms with E-state index in [2.05, 4.69) is 0 Å². The van der Waals surface area contributed by atoms with Crippen LogP contribution < -0.4 is 4.74 Å². The predicted octanol–water partition coefficient (Wildman–Crippen LogP) is 3.51. The number of ether oxygens (including phenoxy) is 1. The first-order valence-electron chi connectivity index (χ1n) is 6.77. The number of phenols is 1. The predicted molar refractivity (Wildman–Crippen MR) is 85.9 cm³/mol. The summed E-state index contributed by atoms with van der Waals surface area (Å²) in [6.45, 7) is 1.61. The molecule has 0 aliphatic heterocycles. The average Bonchev–Trinajstić information content (AvgIpc) is 2.52. The highest BCUT2D eigenvalue weighted by Crippen LogP contribution is 2.27. The lowest BCUT2D eigenvalue weighted by atomic mass is 10.1. The van der Waals surface area contributed by atoms with Crippen molar-refractivity contribution >= 4 is 17.5 Å². The Morgan fingerprint density at radius 3 is 2.61 bits per heavy atom. The molecule has 1 N–H and O–H groups in total. The third-order valence-electron chi connectivity index (χ3n) is 3.32. The van der Waals surface area contributed by atoms with Crippen LogP contribution in [0.2, 0.25) is 0 Å². The number of benzene rings is 2. The Kier molecular flexibility index (Phi) is 4.75. The van der Waals surface area contributed by atoms with Crippen LogP contribution in [0.3, 0.4) is 0 Å². The number of nitrogens with zero attached hydrogens (tertiary/aromatic N) is 1. The molecule has 0 aromatic heterocycles. The van der Waals surface area contributed by atoms with Gasteiger partial charge in [0, 0.05) is 17.2 Å². The van der Waals surface area contributed by atoms with E-state index in [0.29, 0.717) is 16.9 Å². The molecule has 6 heteroatoms. The Morgan fingerprint density at radius 1 is 1.26 bits per heavy atom. The molecule has 118 valence electrons. The van der Waals surface area contributed by atoms with Crippen LogP contribution >= 0.6 is 0 Å². The number of nitro groups is 1. The van der Waals surface area contributed by atoms with E-state index in [-0.39, 0.29) is 22.8 Å². The van der Waals surface area contributed by atoms with Crippen molar-refractivity contribution in [2.24, 2.45) is 0 Å². The molecule has 2 aromatic rings. The van der Waals surface area contributed by atoms with Crippen molar-refractivity contribution in [3.05, 3.63) is 69.3 Å². The summed E-state index contributed by atoms with van der Waals surface area (Å²) >= 11 is 0. The van der Waals surface area contributed by atoms with Gasteiger partial charge in [-0.25, -0.2) is 0 Å². The second-order valence-corrected chi connectivity index (χ2v) is 4.89. The van der Waals surface area contributed by atoms with Gasteiger partial charge >= 0.3 is 0 Å². The Labute approximate surface area is 132 Å². The van der Waals surface area contributed by atoms with Crippen LogP contribution in [0.5, 0.6) is 11.5 Å². The molecule has 6 nitrogen and oxygen atoms in total. The molecule has 0 bridgehead atoms. The fraction of sp³-hybridized carbons (Fsp3) is 0.118. The van der Waals surface area contributed by atoms with E-state index in [1.165, 1.54) is 31.4 Å². The third kappa shape index (κ3) is 3.74. The van der Waals surface area contributed by atoms with Crippen molar-refractivity contribution < 1.29 is 19.6 Å². The second kappa shape index (κ2) is 6.74. The molecule has 0 aliphatic carbocycles. The lowest BCUT2D eigenvalue weighted by molar-refractivity contribution is -0.385. The molecule has 23 heavy (non-hydrogen) atoms. The molecule has 0 atom stereocenters. The van der Waals surface area contributed by atoms with Gasteiger partial charge in [0.2, 0.25) is 0 Å². The first kappa shape index (κ1) is 16.2. The average molecular weight is 313 g/mol. The monoisotopic (exact) mass is 313 g/mol. The summed E-state index contributed by atoms with van der Waals surface area (Å²) in [5.74, 6) is -0.0564. The maximum atomic E-state index is 12.1. The zero-order valence-electron chi connectivity index (χ0n) is 12.6. The minimum absolute atomic E-state index is 0.0342. The van der Waals surface area contributed by atoms with E-state index in [0.717, 1.165) is 0 Å². The van der Waals surface area contributed by atoms with Crippen LogP contribution in [0.25, 0.3) is 6.08 Å². The lowest BCUT2D eigenvalue weighted by Gasteiger charge is -2.03. The first-order chi connectivity index (χ1) is 10.9. The molecular weight excluding hydrogens is 298 g/mol. The maximum Gasteiger partial charge on any atom is 0.273 e. The van der Waals surface area contributed by atoms with E-state index < -0.39 is 4.92 Å². The van der Waals surface area contributed by atoms with Gasteiger partial charge in [-0.2, -0.15) is 0 Å². The van der Waals surface area contributed by atoms with Gasteiger partial charge in [0.15, 0.2) is 17.3 Å². The van der Waals surface area contributed by atoms with Gasteiger partial charge in [-0.15, -0.1) is 0 Å². The molecular formula is C17H15NO5. The van der Waals surface area contributed by atoms with Crippen LogP contribution in [0.1, 0.15) is 21.5 Å². The number of carbonyl (C=O) groups excluding carboxylic acids is 1. The minimum Gasteiger partial charge on any atom is -0.504 e. The molecule has 0 saturated carbocycles. The number of allylic oxidation sites excluding steroid dienone is 1. The van der Waals surface area contributed by atoms with E-state index in [9.17, 15) is 20.0 Å². The number of rotatable bonds is 5. The number of aromatic hydroxyl groups is 1. The zero-order chi connectivity index (χ0) is 17.0. The number of ketones is 1. The number of hydrogen-bond acceptors (Lipinski definition) is 5.